The maximum atomic E-state index is 11.8. The molecule has 0 spiro atoms. The number of rotatable bonds is 5. The molecule has 2 rings (SSSR count). The molecule has 0 amide bonds. The molecule has 1 aromatic heterocycles. The van der Waals surface area contributed by atoms with E-state index in [-0.39, 0.29) is 6.54 Å². The largest absolute Gasteiger partial charge is 0.330 e. The molecule has 0 radical (unpaired) electrons. The Morgan fingerprint density at radius 2 is 2.36 bits per heavy atom. The van der Waals surface area contributed by atoms with E-state index in [0.29, 0.717) is 12.6 Å². The van der Waals surface area contributed by atoms with Gasteiger partial charge in [0.25, 0.3) is 6.43 Å². The first-order valence-corrected chi connectivity index (χ1v) is 4.77. The van der Waals surface area contributed by atoms with Gasteiger partial charge in [0.1, 0.15) is 0 Å². The lowest BCUT2D eigenvalue weighted by Gasteiger charge is -2.07. The highest BCUT2D eigenvalue weighted by Crippen LogP contribution is 2.35. The highest BCUT2D eigenvalue weighted by molar-refractivity contribution is 5.03. The molecule has 0 unspecified atom stereocenters. The monoisotopic (exact) mass is 201 g/mol. The second kappa shape index (κ2) is 4.04. The molecule has 0 saturated heterocycles. The molecule has 5 heteroatoms. The number of halogens is 2. The smallest absolute Gasteiger partial charge is 0.250 e. The van der Waals surface area contributed by atoms with Crippen molar-refractivity contribution in [2.45, 2.75) is 31.9 Å². The van der Waals surface area contributed by atoms with Crippen LogP contribution in [0.15, 0.2) is 12.5 Å². The second-order valence-corrected chi connectivity index (χ2v) is 3.55. The van der Waals surface area contributed by atoms with Gasteiger partial charge in [0, 0.05) is 18.8 Å². The van der Waals surface area contributed by atoms with Gasteiger partial charge in [-0.05, 0) is 12.8 Å². The average Bonchev–Trinajstić information content (AvgIpc) is 2.87. The van der Waals surface area contributed by atoms with Crippen LogP contribution in [0.3, 0.4) is 0 Å². The van der Waals surface area contributed by atoms with Crippen molar-refractivity contribution >= 4 is 0 Å². The van der Waals surface area contributed by atoms with E-state index in [2.05, 4.69) is 14.9 Å². The third-order valence-electron chi connectivity index (χ3n) is 2.29. The predicted octanol–water partition coefficient (Wildman–Crippen LogP) is 1.57. The van der Waals surface area contributed by atoms with Crippen LogP contribution in [0.2, 0.25) is 0 Å². The lowest BCUT2D eigenvalue weighted by molar-refractivity contribution is 0.145. The van der Waals surface area contributed by atoms with Gasteiger partial charge in [0.15, 0.2) is 0 Å². The van der Waals surface area contributed by atoms with E-state index < -0.39 is 6.43 Å². The van der Waals surface area contributed by atoms with Crippen LogP contribution < -0.4 is 5.32 Å². The molecule has 1 aliphatic rings. The topological polar surface area (TPSA) is 29.9 Å². The molecular formula is C9H13F2N3. The summed E-state index contributed by atoms with van der Waals surface area (Å²) in [5, 5.41) is 2.70. The number of hydrogen-bond donors (Lipinski definition) is 1. The standard InChI is InChI=1S/C9H13F2N3/c10-9(11)5-12-3-8-4-13-6-14(8)7-1-2-7/h4,6-7,9,12H,1-3,5H2. The fourth-order valence-corrected chi connectivity index (χ4v) is 1.46. The first-order chi connectivity index (χ1) is 6.77. The lowest BCUT2D eigenvalue weighted by Crippen LogP contribution is -2.22. The van der Waals surface area contributed by atoms with Gasteiger partial charge in [-0.15, -0.1) is 0 Å². The summed E-state index contributed by atoms with van der Waals surface area (Å²) in [6.07, 6.45) is 3.58. The Kier molecular flexibility index (Phi) is 2.77. The number of aromatic nitrogens is 2. The summed E-state index contributed by atoms with van der Waals surface area (Å²) in [6, 6.07) is 0.556. The maximum Gasteiger partial charge on any atom is 0.250 e. The summed E-state index contributed by atoms with van der Waals surface area (Å²) in [7, 11) is 0. The van der Waals surface area contributed by atoms with E-state index in [4.69, 9.17) is 0 Å². The van der Waals surface area contributed by atoms with Crippen LogP contribution in [0.1, 0.15) is 24.6 Å². The van der Waals surface area contributed by atoms with Gasteiger partial charge in [0.05, 0.1) is 18.6 Å². The van der Waals surface area contributed by atoms with E-state index in [9.17, 15) is 8.78 Å². The molecule has 14 heavy (non-hydrogen) atoms. The molecule has 0 aliphatic heterocycles. The van der Waals surface area contributed by atoms with Gasteiger partial charge in [-0.2, -0.15) is 0 Å². The zero-order valence-electron chi connectivity index (χ0n) is 7.79. The van der Waals surface area contributed by atoms with Gasteiger partial charge in [-0.3, -0.25) is 0 Å². The summed E-state index contributed by atoms with van der Waals surface area (Å²) < 4.78 is 25.8. The van der Waals surface area contributed by atoms with Crippen LogP contribution in [0.4, 0.5) is 8.78 Å². The Balaban J connectivity index is 1.85. The minimum Gasteiger partial charge on any atom is -0.330 e. The SMILES string of the molecule is FC(F)CNCc1cncn1C1CC1. The molecule has 1 N–H and O–H groups in total. The molecule has 0 atom stereocenters. The third-order valence-corrected chi connectivity index (χ3v) is 2.29. The van der Waals surface area contributed by atoms with Crippen molar-refractivity contribution in [1.29, 1.82) is 0 Å². The quantitative estimate of drug-likeness (QED) is 0.783. The van der Waals surface area contributed by atoms with Crippen molar-refractivity contribution in [2.24, 2.45) is 0 Å². The van der Waals surface area contributed by atoms with E-state index in [1.165, 1.54) is 12.8 Å². The summed E-state index contributed by atoms with van der Waals surface area (Å²) in [5.74, 6) is 0. The molecule has 1 fully saturated rings. The van der Waals surface area contributed by atoms with E-state index in [1.807, 2.05) is 0 Å². The van der Waals surface area contributed by atoms with Crippen molar-refractivity contribution in [3.8, 4) is 0 Å². The normalized spacial score (nSPS) is 16.5. The Labute approximate surface area is 81.1 Å². The molecule has 1 heterocycles. The Morgan fingerprint density at radius 3 is 3.00 bits per heavy atom. The zero-order valence-corrected chi connectivity index (χ0v) is 7.79. The number of hydrogen-bond acceptors (Lipinski definition) is 2. The zero-order chi connectivity index (χ0) is 9.97. The highest BCUT2D eigenvalue weighted by Gasteiger charge is 2.24. The van der Waals surface area contributed by atoms with Crippen LogP contribution in [0.5, 0.6) is 0 Å². The summed E-state index contributed by atoms with van der Waals surface area (Å²) >= 11 is 0. The van der Waals surface area contributed by atoms with Crippen molar-refractivity contribution in [2.75, 3.05) is 6.54 Å². The van der Waals surface area contributed by atoms with Gasteiger partial charge >= 0.3 is 0 Å². The van der Waals surface area contributed by atoms with Gasteiger partial charge < -0.3 is 9.88 Å². The van der Waals surface area contributed by atoms with Gasteiger partial charge in [0.2, 0.25) is 0 Å². The number of alkyl halides is 2. The molecule has 1 aliphatic carbocycles. The van der Waals surface area contributed by atoms with Gasteiger partial charge in [-0.25, -0.2) is 13.8 Å². The minimum atomic E-state index is -2.28. The Morgan fingerprint density at radius 1 is 1.57 bits per heavy atom. The molecule has 1 aromatic rings. The van der Waals surface area contributed by atoms with E-state index in [1.54, 1.807) is 12.5 Å². The van der Waals surface area contributed by atoms with Crippen LogP contribution in [-0.2, 0) is 6.54 Å². The van der Waals surface area contributed by atoms with Crippen LogP contribution in [0, 0.1) is 0 Å². The van der Waals surface area contributed by atoms with Crippen LogP contribution in [-0.4, -0.2) is 22.5 Å². The van der Waals surface area contributed by atoms with E-state index >= 15 is 0 Å². The fraction of sp³-hybridized carbons (Fsp3) is 0.667. The fourth-order valence-electron chi connectivity index (χ4n) is 1.46. The van der Waals surface area contributed by atoms with Crippen molar-refractivity contribution in [3.05, 3.63) is 18.2 Å². The van der Waals surface area contributed by atoms with E-state index in [0.717, 1.165) is 5.69 Å². The third kappa shape index (κ3) is 2.29. The molecule has 0 bridgehead atoms. The average molecular weight is 201 g/mol. The molecule has 1 saturated carbocycles. The first kappa shape index (κ1) is 9.58. The highest BCUT2D eigenvalue weighted by atomic mass is 19.3. The number of nitrogens with zero attached hydrogens (tertiary/aromatic N) is 2. The molecule has 78 valence electrons. The van der Waals surface area contributed by atoms with Gasteiger partial charge in [-0.1, -0.05) is 0 Å². The minimum absolute atomic E-state index is 0.254. The predicted molar refractivity (Wildman–Crippen MR) is 48.2 cm³/mol. The second-order valence-electron chi connectivity index (χ2n) is 3.55. The van der Waals surface area contributed by atoms with Crippen molar-refractivity contribution in [3.63, 3.8) is 0 Å². The van der Waals surface area contributed by atoms with Crippen LogP contribution in [0.25, 0.3) is 0 Å². The first-order valence-electron chi connectivity index (χ1n) is 4.77. The maximum absolute atomic E-state index is 11.8. The van der Waals surface area contributed by atoms with Crippen molar-refractivity contribution in [1.82, 2.24) is 14.9 Å². The molecule has 0 aromatic carbocycles. The molecule has 3 nitrogen and oxygen atoms in total. The Hall–Kier alpha value is -0.970. The van der Waals surface area contributed by atoms with Crippen molar-refractivity contribution < 1.29 is 8.78 Å². The van der Waals surface area contributed by atoms with Crippen LogP contribution >= 0.6 is 0 Å². The summed E-state index contributed by atoms with van der Waals surface area (Å²) in [6.45, 7) is 0.219. The number of nitrogens with one attached hydrogen (secondary N) is 1. The summed E-state index contributed by atoms with van der Waals surface area (Å²) in [5.41, 5.74) is 0.994. The summed E-state index contributed by atoms with van der Waals surface area (Å²) in [4.78, 5) is 4.02. The number of imidazole rings is 1. The lowest BCUT2D eigenvalue weighted by atomic mass is 10.4. The Bertz CT molecular complexity index is 294. The molecular weight excluding hydrogens is 188 g/mol.